The van der Waals surface area contributed by atoms with Gasteiger partial charge in [0.2, 0.25) is 0 Å². The summed E-state index contributed by atoms with van der Waals surface area (Å²) >= 11 is 0. The Morgan fingerprint density at radius 2 is 1.68 bits per heavy atom. The Hall–Kier alpha value is -2.79. The molecule has 2 fully saturated rings. The van der Waals surface area contributed by atoms with Gasteiger partial charge in [-0.25, -0.2) is 0 Å². The molecule has 0 atom stereocenters. The highest BCUT2D eigenvalue weighted by molar-refractivity contribution is 5.94. The van der Waals surface area contributed by atoms with Gasteiger partial charge in [-0.05, 0) is 61.6 Å². The average molecular weight is 418 g/mol. The minimum absolute atomic E-state index is 0.144. The molecule has 0 unspecified atom stereocenters. The van der Waals surface area contributed by atoms with Crippen LogP contribution in [0.15, 0.2) is 54.7 Å². The predicted molar refractivity (Wildman–Crippen MR) is 123 cm³/mol. The maximum absolute atomic E-state index is 12.5. The molecule has 0 bridgehead atoms. The lowest BCUT2D eigenvalue weighted by Gasteiger charge is -2.32. The van der Waals surface area contributed by atoms with Crippen molar-refractivity contribution >= 4 is 16.8 Å². The van der Waals surface area contributed by atoms with Crippen LogP contribution in [0.4, 0.5) is 0 Å². The zero-order chi connectivity index (χ0) is 21.2. The molecular weight excluding hydrogens is 386 g/mol. The lowest BCUT2D eigenvalue weighted by Crippen LogP contribution is -2.37. The highest BCUT2D eigenvalue weighted by Gasteiger charge is 2.22. The van der Waals surface area contributed by atoms with Crippen LogP contribution in [-0.2, 0) is 13.6 Å². The van der Waals surface area contributed by atoms with E-state index in [2.05, 4.69) is 47.0 Å². The largest absolute Gasteiger partial charge is 0.490 e. The Labute approximate surface area is 184 Å². The van der Waals surface area contributed by atoms with Gasteiger partial charge in [-0.15, -0.1) is 0 Å². The van der Waals surface area contributed by atoms with Gasteiger partial charge < -0.3 is 14.2 Å². The topological polar surface area (TPSA) is 37.7 Å². The first-order valence-corrected chi connectivity index (χ1v) is 11.5. The molecule has 5 rings (SSSR count). The number of piperidine rings is 1. The molecule has 1 aromatic heterocycles. The number of amides is 1. The first-order valence-electron chi connectivity index (χ1n) is 11.5. The Balaban J connectivity index is 1.14. The van der Waals surface area contributed by atoms with E-state index in [1.807, 2.05) is 29.2 Å². The number of hydrogen-bond donors (Lipinski definition) is 0. The monoisotopic (exact) mass is 417 g/mol. The second kappa shape index (κ2) is 8.75. The summed E-state index contributed by atoms with van der Waals surface area (Å²) in [6.07, 6.45) is 6.79. The molecule has 2 saturated heterocycles. The summed E-state index contributed by atoms with van der Waals surface area (Å²) < 4.78 is 8.45. The van der Waals surface area contributed by atoms with Gasteiger partial charge in [0, 0.05) is 62.4 Å². The van der Waals surface area contributed by atoms with Crippen molar-refractivity contribution in [1.29, 1.82) is 0 Å². The molecule has 2 aliphatic heterocycles. The third-order valence-corrected chi connectivity index (χ3v) is 6.71. The highest BCUT2D eigenvalue weighted by Crippen LogP contribution is 2.25. The van der Waals surface area contributed by atoms with Crippen LogP contribution in [0.2, 0.25) is 0 Å². The molecule has 3 aromatic rings. The third-order valence-electron chi connectivity index (χ3n) is 6.71. The van der Waals surface area contributed by atoms with E-state index in [0.29, 0.717) is 0 Å². The standard InChI is InChI=1S/C26H31N3O2/c1-27-18-21(24-6-2-3-7-25(24)27)19-28-16-12-23(13-17-28)31-22-10-8-20(9-11-22)26(30)29-14-4-5-15-29/h2-3,6-11,18,23H,4-5,12-17,19H2,1H3. The van der Waals surface area contributed by atoms with Crippen LogP contribution in [0.5, 0.6) is 5.75 Å². The molecule has 0 radical (unpaired) electrons. The molecule has 2 aromatic carbocycles. The van der Waals surface area contributed by atoms with Crippen molar-refractivity contribution in [3.63, 3.8) is 0 Å². The molecule has 5 heteroatoms. The lowest BCUT2D eigenvalue weighted by atomic mass is 10.1. The van der Waals surface area contributed by atoms with Crippen LogP contribution in [-0.4, -0.2) is 52.6 Å². The summed E-state index contributed by atoms with van der Waals surface area (Å²) in [6.45, 7) is 4.84. The predicted octanol–water partition coefficient (Wildman–Crippen LogP) is 4.46. The number of aromatic nitrogens is 1. The van der Waals surface area contributed by atoms with Crippen LogP contribution in [0.1, 0.15) is 41.6 Å². The van der Waals surface area contributed by atoms with E-state index >= 15 is 0 Å². The van der Waals surface area contributed by atoms with Crippen molar-refractivity contribution in [2.75, 3.05) is 26.2 Å². The Bertz CT molecular complexity index is 1040. The first kappa shape index (κ1) is 20.1. The average Bonchev–Trinajstić information content (AvgIpc) is 3.44. The van der Waals surface area contributed by atoms with Crippen molar-refractivity contribution in [3.05, 3.63) is 65.9 Å². The van der Waals surface area contributed by atoms with Gasteiger partial charge in [0.15, 0.2) is 0 Å². The van der Waals surface area contributed by atoms with Crippen molar-refractivity contribution < 1.29 is 9.53 Å². The van der Waals surface area contributed by atoms with Gasteiger partial charge in [0.05, 0.1) is 0 Å². The Morgan fingerprint density at radius 1 is 0.968 bits per heavy atom. The SMILES string of the molecule is Cn1cc(CN2CCC(Oc3ccc(C(=O)N4CCCC4)cc3)CC2)c2ccccc21. The second-order valence-corrected chi connectivity index (χ2v) is 8.90. The van der Waals surface area contributed by atoms with E-state index in [0.717, 1.165) is 69.7 Å². The van der Waals surface area contributed by atoms with Crippen LogP contribution in [0, 0.1) is 0 Å². The summed E-state index contributed by atoms with van der Waals surface area (Å²) in [4.78, 5) is 17.0. The fourth-order valence-electron chi connectivity index (χ4n) is 4.95. The fourth-order valence-corrected chi connectivity index (χ4v) is 4.95. The number of hydrogen-bond acceptors (Lipinski definition) is 3. The van der Waals surface area contributed by atoms with E-state index < -0.39 is 0 Å². The molecule has 3 heterocycles. The highest BCUT2D eigenvalue weighted by atomic mass is 16.5. The first-order chi connectivity index (χ1) is 15.2. The second-order valence-electron chi connectivity index (χ2n) is 8.90. The number of nitrogens with zero attached hydrogens (tertiary/aromatic N) is 3. The van der Waals surface area contributed by atoms with E-state index in [9.17, 15) is 4.79 Å². The van der Waals surface area contributed by atoms with Crippen molar-refractivity contribution in [1.82, 2.24) is 14.4 Å². The van der Waals surface area contributed by atoms with Gasteiger partial charge in [-0.2, -0.15) is 0 Å². The molecule has 0 N–H and O–H groups in total. The minimum Gasteiger partial charge on any atom is -0.490 e. The van der Waals surface area contributed by atoms with E-state index in [4.69, 9.17) is 4.74 Å². The normalized spacial score (nSPS) is 18.0. The molecule has 31 heavy (non-hydrogen) atoms. The molecule has 0 aliphatic carbocycles. The number of para-hydroxylation sites is 1. The fraction of sp³-hybridized carbons (Fsp3) is 0.423. The summed E-state index contributed by atoms with van der Waals surface area (Å²) in [5.41, 5.74) is 3.46. The summed E-state index contributed by atoms with van der Waals surface area (Å²) in [5.74, 6) is 1.01. The summed E-state index contributed by atoms with van der Waals surface area (Å²) in [5, 5.41) is 1.35. The lowest BCUT2D eigenvalue weighted by molar-refractivity contribution is 0.0792. The van der Waals surface area contributed by atoms with Crippen molar-refractivity contribution in [3.8, 4) is 5.75 Å². The number of benzene rings is 2. The van der Waals surface area contributed by atoms with Gasteiger partial charge in [-0.3, -0.25) is 9.69 Å². The minimum atomic E-state index is 0.144. The maximum atomic E-state index is 12.5. The molecule has 2 aliphatic rings. The maximum Gasteiger partial charge on any atom is 0.253 e. The third kappa shape index (κ3) is 4.33. The number of rotatable bonds is 5. The Kier molecular flexibility index (Phi) is 5.68. The van der Waals surface area contributed by atoms with Crippen LogP contribution >= 0.6 is 0 Å². The number of ether oxygens (including phenoxy) is 1. The molecule has 1 amide bonds. The number of carbonyl (C=O) groups excluding carboxylic acids is 1. The van der Waals surface area contributed by atoms with Gasteiger partial charge in [0.1, 0.15) is 11.9 Å². The number of fused-ring (bicyclic) bond motifs is 1. The number of likely N-dealkylation sites (tertiary alicyclic amines) is 2. The molecule has 0 saturated carbocycles. The zero-order valence-corrected chi connectivity index (χ0v) is 18.3. The summed E-state index contributed by atoms with van der Waals surface area (Å²) in [6, 6.07) is 16.3. The van der Waals surface area contributed by atoms with Gasteiger partial charge >= 0.3 is 0 Å². The quantitative estimate of drug-likeness (QED) is 0.615. The smallest absolute Gasteiger partial charge is 0.253 e. The number of carbonyl (C=O) groups is 1. The van der Waals surface area contributed by atoms with Crippen LogP contribution in [0.25, 0.3) is 10.9 Å². The van der Waals surface area contributed by atoms with E-state index in [1.165, 1.54) is 16.5 Å². The molecular formula is C26H31N3O2. The van der Waals surface area contributed by atoms with Crippen molar-refractivity contribution in [2.45, 2.75) is 38.3 Å². The van der Waals surface area contributed by atoms with E-state index in [1.54, 1.807) is 0 Å². The molecule has 5 nitrogen and oxygen atoms in total. The zero-order valence-electron chi connectivity index (χ0n) is 18.3. The molecule has 0 spiro atoms. The van der Waals surface area contributed by atoms with Crippen molar-refractivity contribution in [2.24, 2.45) is 7.05 Å². The summed E-state index contributed by atoms with van der Waals surface area (Å²) in [7, 11) is 2.12. The molecule has 162 valence electrons. The van der Waals surface area contributed by atoms with Gasteiger partial charge in [0.25, 0.3) is 5.91 Å². The van der Waals surface area contributed by atoms with Gasteiger partial charge in [-0.1, -0.05) is 18.2 Å². The Morgan fingerprint density at radius 3 is 2.42 bits per heavy atom. The number of aryl methyl sites for hydroxylation is 1. The van der Waals surface area contributed by atoms with E-state index in [-0.39, 0.29) is 12.0 Å². The van der Waals surface area contributed by atoms with Crippen LogP contribution in [0.3, 0.4) is 0 Å². The van der Waals surface area contributed by atoms with Crippen LogP contribution < -0.4 is 4.74 Å².